The number of hydrogen-bond acceptors (Lipinski definition) is 4. The van der Waals surface area contributed by atoms with Crippen molar-refractivity contribution in [2.75, 3.05) is 6.54 Å². The average Bonchev–Trinajstić information content (AvgIpc) is 2.96. The zero-order chi connectivity index (χ0) is 15.9. The molecule has 0 unspecified atom stereocenters. The first-order chi connectivity index (χ1) is 10.4. The maximum atomic E-state index is 12.9. The SMILES string of the molecule is C[C@H]1c2cccn2CCN1S(=O)(=O)c1ccccc1[N+](=O)[O-]. The molecular formula is C14H15N3O4S. The summed E-state index contributed by atoms with van der Waals surface area (Å²) in [6, 6.07) is 8.82. The molecular weight excluding hydrogens is 306 g/mol. The first-order valence-electron chi connectivity index (χ1n) is 6.83. The quantitative estimate of drug-likeness (QED) is 0.640. The number of nitro groups is 1. The highest BCUT2D eigenvalue weighted by Gasteiger charge is 2.37. The standard InChI is InChI=1S/C14H15N3O4S/c1-11-12-6-4-8-15(12)9-10-16(11)22(20,21)14-7-3-2-5-13(14)17(18)19/h2-8,11H,9-10H2,1H3/t11-/m0/s1. The highest BCUT2D eigenvalue weighted by Crippen LogP contribution is 2.34. The molecule has 8 heteroatoms. The number of fused-ring (bicyclic) bond motifs is 1. The number of sulfonamides is 1. The minimum absolute atomic E-state index is 0.258. The summed E-state index contributed by atoms with van der Waals surface area (Å²) in [5.74, 6) is 0. The van der Waals surface area contributed by atoms with Gasteiger partial charge in [-0.2, -0.15) is 4.31 Å². The summed E-state index contributed by atoms with van der Waals surface area (Å²) in [5.41, 5.74) is 0.490. The maximum absolute atomic E-state index is 12.9. The minimum Gasteiger partial charge on any atom is -0.349 e. The van der Waals surface area contributed by atoms with Gasteiger partial charge in [-0.3, -0.25) is 10.1 Å². The largest absolute Gasteiger partial charge is 0.349 e. The minimum atomic E-state index is -3.93. The molecule has 1 aromatic heterocycles. The third kappa shape index (κ3) is 2.20. The highest BCUT2D eigenvalue weighted by atomic mass is 32.2. The van der Waals surface area contributed by atoms with E-state index in [0.717, 1.165) is 5.69 Å². The fraction of sp³-hybridized carbons (Fsp3) is 0.286. The number of nitro benzene ring substituents is 1. The van der Waals surface area contributed by atoms with Gasteiger partial charge < -0.3 is 4.57 Å². The van der Waals surface area contributed by atoms with Crippen molar-refractivity contribution in [3.8, 4) is 0 Å². The summed E-state index contributed by atoms with van der Waals surface area (Å²) < 4.78 is 29.1. The lowest BCUT2D eigenvalue weighted by Gasteiger charge is -2.33. The molecule has 3 rings (SSSR count). The van der Waals surface area contributed by atoms with Gasteiger partial charge in [0.25, 0.3) is 15.7 Å². The van der Waals surface area contributed by atoms with Crippen LogP contribution in [0.5, 0.6) is 0 Å². The van der Waals surface area contributed by atoms with E-state index < -0.39 is 20.6 Å². The Hall–Kier alpha value is -2.19. The molecule has 0 saturated carbocycles. The molecule has 22 heavy (non-hydrogen) atoms. The van der Waals surface area contributed by atoms with Gasteiger partial charge in [0.2, 0.25) is 0 Å². The topological polar surface area (TPSA) is 85.5 Å². The van der Waals surface area contributed by atoms with Crippen LogP contribution in [0, 0.1) is 10.1 Å². The third-order valence-electron chi connectivity index (χ3n) is 3.93. The second-order valence-corrected chi connectivity index (χ2v) is 7.00. The van der Waals surface area contributed by atoms with E-state index in [1.165, 1.54) is 28.6 Å². The van der Waals surface area contributed by atoms with Crippen LogP contribution in [-0.2, 0) is 16.6 Å². The molecule has 2 heterocycles. The molecule has 0 spiro atoms. The molecule has 1 aliphatic heterocycles. The molecule has 1 aliphatic rings. The molecule has 1 aromatic carbocycles. The Bertz CT molecular complexity index is 828. The lowest BCUT2D eigenvalue weighted by Crippen LogP contribution is -2.40. The monoisotopic (exact) mass is 321 g/mol. The zero-order valence-corrected chi connectivity index (χ0v) is 12.7. The first-order valence-corrected chi connectivity index (χ1v) is 8.27. The van der Waals surface area contributed by atoms with Gasteiger partial charge in [-0.05, 0) is 25.1 Å². The van der Waals surface area contributed by atoms with E-state index in [-0.39, 0.29) is 17.5 Å². The van der Waals surface area contributed by atoms with Gasteiger partial charge in [-0.15, -0.1) is 0 Å². The van der Waals surface area contributed by atoms with Crippen molar-refractivity contribution in [3.63, 3.8) is 0 Å². The smallest absolute Gasteiger partial charge is 0.289 e. The summed E-state index contributed by atoms with van der Waals surface area (Å²) in [4.78, 5) is 10.2. The number of aromatic nitrogens is 1. The van der Waals surface area contributed by atoms with Crippen LogP contribution in [0.3, 0.4) is 0 Å². The fourth-order valence-electron chi connectivity index (χ4n) is 2.84. The highest BCUT2D eigenvalue weighted by molar-refractivity contribution is 7.89. The molecule has 0 N–H and O–H groups in total. The third-order valence-corrected chi connectivity index (χ3v) is 5.95. The predicted molar refractivity (Wildman–Crippen MR) is 79.8 cm³/mol. The molecule has 1 atom stereocenters. The molecule has 2 aromatic rings. The molecule has 0 bridgehead atoms. The lowest BCUT2D eigenvalue weighted by molar-refractivity contribution is -0.387. The van der Waals surface area contributed by atoms with E-state index in [4.69, 9.17) is 0 Å². The number of benzene rings is 1. The Morgan fingerprint density at radius 3 is 2.64 bits per heavy atom. The zero-order valence-electron chi connectivity index (χ0n) is 11.9. The van der Waals surface area contributed by atoms with Crippen LogP contribution in [0.1, 0.15) is 18.7 Å². The van der Waals surface area contributed by atoms with E-state index in [1.807, 2.05) is 22.9 Å². The fourth-order valence-corrected chi connectivity index (χ4v) is 4.59. The van der Waals surface area contributed by atoms with Gasteiger partial charge in [0.05, 0.1) is 11.0 Å². The van der Waals surface area contributed by atoms with Crippen molar-refractivity contribution >= 4 is 15.7 Å². The van der Waals surface area contributed by atoms with E-state index in [9.17, 15) is 18.5 Å². The molecule has 0 amide bonds. The molecule has 7 nitrogen and oxygen atoms in total. The van der Waals surface area contributed by atoms with E-state index in [0.29, 0.717) is 6.54 Å². The Morgan fingerprint density at radius 1 is 1.18 bits per heavy atom. The maximum Gasteiger partial charge on any atom is 0.289 e. The van der Waals surface area contributed by atoms with Crippen molar-refractivity contribution in [2.45, 2.75) is 24.4 Å². The average molecular weight is 321 g/mol. The van der Waals surface area contributed by atoms with Crippen molar-refractivity contribution in [1.82, 2.24) is 8.87 Å². The normalized spacial score (nSPS) is 18.9. The van der Waals surface area contributed by atoms with Crippen LogP contribution in [0.2, 0.25) is 0 Å². The Balaban J connectivity index is 2.07. The van der Waals surface area contributed by atoms with E-state index in [2.05, 4.69) is 0 Å². The van der Waals surface area contributed by atoms with Gasteiger partial charge >= 0.3 is 0 Å². The lowest BCUT2D eigenvalue weighted by atomic mass is 10.2. The van der Waals surface area contributed by atoms with Gasteiger partial charge in [0.1, 0.15) is 0 Å². The van der Waals surface area contributed by atoms with Crippen molar-refractivity contribution in [1.29, 1.82) is 0 Å². The summed E-state index contributed by atoms with van der Waals surface area (Å²) in [6.07, 6.45) is 1.90. The molecule has 0 radical (unpaired) electrons. The van der Waals surface area contributed by atoms with E-state index >= 15 is 0 Å². The van der Waals surface area contributed by atoms with Gasteiger partial charge in [-0.1, -0.05) is 12.1 Å². The van der Waals surface area contributed by atoms with Crippen LogP contribution in [0.25, 0.3) is 0 Å². The second kappa shape index (κ2) is 5.22. The summed E-state index contributed by atoms with van der Waals surface area (Å²) in [7, 11) is -3.93. The van der Waals surface area contributed by atoms with Crippen LogP contribution in [-0.4, -0.2) is 28.8 Å². The van der Waals surface area contributed by atoms with Crippen molar-refractivity contribution < 1.29 is 13.3 Å². The molecule has 0 saturated heterocycles. The van der Waals surface area contributed by atoms with E-state index in [1.54, 1.807) is 6.92 Å². The van der Waals surface area contributed by atoms with Crippen LogP contribution < -0.4 is 0 Å². The summed E-state index contributed by atoms with van der Waals surface area (Å²) >= 11 is 0. The molecule has 0 aliphatic carbocycles. The number of para-hydroxylation sites is 1. The Kier molecular flexibility index (Phi) is 3.50. The molecule has 0 fully saturated rings. The number of nitrogens with zero attached hydrogens (tertiary/aromatic N) is 3. The first kappa shape index (κ1) is 14.7. The second-order valence-electron chi connectivity index (χ2n) is 5.14. The molecule has 116 valence electrons. The van der Waals surface area contributed by atoms with Crippen molar-refractivity contribution in [3.05, 3.63) is 58.4 Å². The summed E-state index contributed by atoms with van der Waals surface area (Å²) in [6.45, 7) is 2.61. The number of rotatable bonds is 3. The van der Waals surface area contributed by atoms with Crippen LogP contribution in [0.15, 0.2) is 47.5 Å². The Morgan fingerprint density at radius 2 is 1.91 bits per heavy atom. The number of hydrogen-bond donors (Lipinski definition) is 0. The predicted octanol–water partition coefficient (Wildman–Crippen LogP) is 2.16. The van der Waals surface area contributed by atoms with Gasteiger partial charge in [0.15, 0.2) is 4.90 Å². The van der Waals surface area contributed by atoms with Crippen LogP contribution >= 0.6 is 0 Å². The van der Waals surface area contributed by atoms with Crippen molar-refractivity contribution in [2.24, 2.45) is 0 Å². The van der Waals surface area contributed by atoms with Gasteiger partial charge in [-0.25, -0.2) is 8.42 Å². The van der Waals surface area contributed by atoms with Gasteiger partial charge in [0, 0.05) is 31.0 Å². The van der Waals surface area contributed by atoms with Crippen LogP contribution in [0.4, 0.5) is 5.69 Å². The Labute approximate surface area is 128 Å². The summed E-state index contributed by atoms with van der Waals surface area (Å²) in [5, 5.41) is 11.1.